The van der Waals surface area contributed by atoms with Crippen LogP contribution in [0.2, 0.25) is 5.02 Å². The van der Waals surface area contributed by atoms with E-state index in [2.05, 4.69) is 30.0 Å². The molecule has 1 fully saturated rings. The van der Waals surface area contributed by atoms with E-state index >= 15 is 0 Å². The first-order chi connectivity index (χ1) is 16.1. The molecule has 33 heavy (non-hydrogen) atoms. The van der Waals surface area contributed by atoms with Crippen LogP contribution in [0.4, 0.5) is 0 Å². The molecule has 0 saturated carbocycles. The third kappa shape index (κ3) is 4.77. The van der Waals surface area contributed by atoms with E-state index in [4.69, 9.17) is 16.1 Å². The van der Waals surface area contributed by atoms with Gasteiger partial charge in [-0.3, -0.25) is 9.69 Å². The maximum absolute atomic E-state index is 13.1. The number of nitrogens with zero attached hydrogens (tertiary/aromatic N) is 7. The molecule has 0 atom stereocenters. The van der Waals surface area contributed by atoms with Gasteiger partial charge >= 0.3 is 0 Å². The number of carbonyl (C=O) groups excluding carboxylic acids is 1. The molecule has 0 radical (unpaired) electrons. The van der Waals surface area contributed by atoms with Gasteiger partial charge in [-0.2, -0.15) is 4.98 Å². The predicted octanol–water partition coefficient (Wildman–Crippen LogP) is 3.57. The van der Waals surface area contributed by atoms with E-state index in [1.165, 1.54) is 11.3 Å². The third-order valence-corrected chi connectivity index (χ3v) is 6.73. The Morgan fingerprint density at radius 1 is 1.06 bits per heavy atom. The van der Waals surface area contributed by atoms with Crippen molar-refractivity contribution >= 4 is 28.8 Å². The summed E-state index contributed by atoms with van der Waals surface area (Å²) >= 11 is 7.27. The van der Waals surface area contributed by atoms with Crippen LogP contribution in [-0.4, -0.2) is 67.0 Å². The highest BCUT2D eigenvalue weighted by molar-refractivity contribution is 7.17. The van der Waals surface area contributed by atoms with Crippen LogP contribution < -0.4 is 0 Å². The van der Waals surface area contributed by atoms with Crippen molar-refractivity contribution < 1.29 is 9.32 Å². The molecule has 0 spiro atoms. The lowest BCUT2D eigenvalue weighted by atomic mass is 10.2. The molecule has 4 aromatic rings. The molecule has 11 heteroatoms. The molecule has 0 unspecified atom stereocenters. The predicted molar refractivity (Wildman–Crippen MR) is 124 cm³/mol. The molecule has 1 aliphatic rings. The summed E-state index contributed by atoms with van der Waals surface area (Å²) in [5, 5.41) is 5.38. The number of carbonyl (C=O) groups is 1. The fourth-order valence-corrected chi connectivity index (χ4v) is 4.69. The second kappa shape index (κ2) is 9.34. The van der Waals surface area contributed by atoms with Gasteiger partial charge in [0.15, 0.2) is 10.8 Å². The van der Waals surface area contributed by atoms with Crippen LogP contribution in [0.5, 0.6) is 0 Å². The van der Waals surface area contributed by atoms with Crippen molar-refractivity contribution in [2.24, 2.45) is 0 Å². The van der Waals surface area contributed by atoms with Crippen molar-refractivity contribution in [1.29, 1.82) is 0 Å². The first-order valence-corrected chi connectivity index (χ1v) is 11.6. The molecular formula is C22H20ClN7O2S. The average molecular weight is 482 g/mol. The Labute approximate surface area is 199 Å². The van der Waals surface area contributed by atoms with Gasteiger partial charge in [-0.15, -0.1) is 11.3 Å². The van der Waals surface area contributed by atoms with Crippen LogP contribution in [0.3, 0.4) is 0 Å². The van der Waals surface area contributed by atoms with Crippen molar-refractivity contribution in [1.82, 2.24) is 34.9 Å². The lowest BCUT2D eigenvalue weighted by Crippen LogP contribution is -2.48. The van der Waals surface area contributed by atoms with Crippen LogP contribution in [0.15, 0.2) is 47.2 Å². The number of aromatic nitrogens is 5. The number of hydrogen-bond donors (Lipinski definition) is 0. The smallest absolute Gasteiger partial charge is 0.265 e. The van der Waals surface area contributed by atoms with Gasteiger partial charge in [0, 0.05) is 49.2 Å². The Morgan fingerprint density at radius 3 is 2.52 bits per heavy atom. The van der Waals surface area contributed by atoms with Crippen molar-refractivity contribution in [3.8, 4) is 22.2 Å². The minimum absolute atomic E-state index is 0.00496. The van der Waals surface area contributed by atoms with Gasteiger partial charge in [0.1, 0.15) is 4.88 Å². The largest absolute Gasteiger partial charge is 0.338 e. The summed E-state index contributed by atoms with van der Waals surface area (Å²) in [7, 11) is 0. The molecule has 0 aliphatic carbocycles. The summed E-state index contributed by atoms with van der Waals surface area (Å²) < 4.78 is 5.42. The minimum Gasteiger partial charge on any atom is -0.338 e. The molecule has 1 amide bonds. The van der Waals surface area contributed by atoms with E-state index in [1.54, 1.807) is 30.6 Å². The molecule has 168 valence electrons. The normalized spacial score (nSPS) is 14.5. The average Bonchev–Trinajstić information content (AvgIpc) is 3.47. The number of aryl methyl sites for hydroxylation is 1. The van der Waals surface area contributed by atoms with Gasteiger partial charge in [0.25, 0.3) is 5.91 Å². The fourth-order valence-electron chi connectivity index (χ4n) is 3.58. The lowest BCUT2D eigenvalue weighted by Gasteiger charge is -2.33. The molecule has 4 heterocycles. The highest BCUT2D eigenvalue weighted by atomic mass is 35.5. The van der Waals surface area contributed by atoms with Gasteiger partial charge in [-0.05, 0) is 37.3 Å². The topological polar surface area (TPSA) is 101 Å². The Bertz CT molecular complexity index is 1250. The van der Waals surface area contributed by atoms with Gasteiger partial charge < -0.3 is 9.42 Å². The standard InChI is InChI=1S/C22H20ClN7O2S/c1-14-18(33-21(26-14)20-24-7-2-8-25-20)22(31)30-11-9-29(10-12-30)13-17-27-19(28-32-17)15-3-5-16(23)6-4-15/h2-8H,9-13H2,1H3. The number of benzene rings is 1. The second-order valence-electron chi connectivity index (χ2n) is 7.59. The highest BCUT2D eigenvalue weighted by Gasteiger charge is 2.27. The molecule has 0 bridgehead atoms. The van der Waals surface area contributed by atoms with E-state index in [0.717, 1.165) is 18.7 Å². The molecule has 1 aliphatic heterocycles. The Hall–Kier alpha value is -3.21. The van der Waals surface area contributed by atoms with Crippen LogP contribution in [0, 0.1) is 6.92 Å². The van der Waals surface area contributed by atoms with Crippen LogP contribution >= 0.6 is 22.9 Å². The van der Waals surface area contributed by atoms with Gasteiger partial charge in [0.2, 0.25) is 11.7 Å². The Kier molecular flexibility index (Phi) is 6.12. The quantitative estimate of drug-likeness (QED) is 0.426. The van der Waals surface area contributed by atoms with Crippen molar-refractivity contribution in [3.05, 3.63) is 64.2 Å². The van der Waals surface area contributed by atoms with E-state index in [9.17, 15) is 4.79 Å². The lowest BCUT2D eigenvalue weighted by molar-refractivity contribution is 0.0619. The van der Waals surface area contributed by atoms with Crippen LogP contribution in [0.1, 0.15) is 21.3 Å². The van der Waals surface area contributed by atoms with E-state index in [1.807, 2.05) is 24.0 Å². The third-order valence-electron chi connectivity index (χ3n) is 5.34. The van der Waals surface area contributed by atoms with E-state index in [-0.39, 0.29) is 5.91 Å². The fraction of sp³-hybridized carbons (Fsp3) is 0.273. The molecular weight excluding hydrogens is 462 g/mol. The molecule has 0 N–H and O–H groups in total. The maximum Gasteiger partial charge on any atom is 0.265 e. The zero-order valence-electron chi connectivity index (χ0n) is 17.8. The van der Waals surface area contributed by atoms with Crippen molar-refractivity contribution in [3.63, 3.8) is 0 Å². The summed E-state index contributed by atoms with van der Waals surface area (Å²) in [4.78, 5) is 35.2. The SMILES string of the molecule is Cc1nc(-c2ncccn2)sc1C(=O)N1CCN(Cc2nc(-c3ccc(Cl)cc3)no2)CC1. The van der Waals surface area contributed by atoms with Crippen LogP contribution in [-0.2, 0) is 6.54 Å². The highest BCUT2D eigenvalue weighted by Crippen LogP contribution is 2.27. The van der Waals surface area contributed by atoms with Gasteiger partial charge in [-0.1, -0.05) is 16.8 Å². The summed E-state index contributed by atoms with van der Waals surface area (Å²) in [5.41, 5.74) is 1.56. The first-order valence-electron chi connectivity index (χ1n) is 10.4. The monoisotopic (exact) mass is 481 g/mol. The molecule has 1 aromatic carbocycles. The number of amides is 1. The summed E-state index contributed by atoms with van der Waals surface area (Å²) in [6, 6.07) is 9.06. The summed E-state index contributed by atoms with van der Waals surface area (Å²) in [6.45, 7) is 5.06. The number of piperazine rings is 1. The van der Waals surface area contributed by atoms with Crippen LogP contribution in [0.25, 0.3) is 22.2 Å². The molecule has 3 aromatic heterocycles. The van der Waals surface area contributed by atoms with Crippen molar-refractivity contribution in [2.75, 3.05) is 26.2 Å². The molecule has 1 saturated heterocycles. The number of rotatable bonds is 5. The maximum atomic E-state index is 13.1. The Morgan fingerprint density at radius 2 is 1.79 bits per heavy atom. The minimum atomic E-state index is -0.00496. The molecule has 5 rings (SSSR count). The van der Waals surface area contributed by atoms with Gasteiger partial charge in [-0.25, -0.2) is 15.0 Å². The van der Waals surface area contributed by atoms with E-state index in [0.29, 0.717) is 57.8 Å². The molecule has 9 nitrogen and oxygen atoms in total. The van der Waals surface area contributed by atoms with Crippen molar-refractivity contribution in [2.45, 2.75) is 13.5 Å². The number of halogens is 1. The zero-order chi connectivity index (χ0) is 22.8. The van der Waals surface area contributed by atoms with Gasteiger partial charge in [0.05, 0.1) is 12.2 Å². The summed E-state index contributed by atoms with van der Waals surface area (Å²) in [5.74, 6) is 1.61. The summed E-state index contributed by atoms with van der Waals surface area (Å²) in [6.07, 6.45) is 3.34. The first kappa shape index (κ1) is 21.6. The zero-order valence-corrected chi connectivity index (χ0v) is 19.4. The number of hydrogen-bond acceptors (Lipinski definition) is 9. The number of thiazole rings is 1. The Balaban J connectivity index is 1.19. The van der Waals surface area contributed by atoms with E-state index < -0.39 is 0 Å². The second-order valence-corrected chi connectivity index (χ2v) is 9.03.